The van der Waals surface area contributed by atoms with Crippen molar-refractivity contribution in [3.05, 3.63) is 0 Å². The number of carboxylic acid groups (broad SMARTS) is 3. The first kappa shape index (κ1) is 19.4. The molecule has 9 heteroatoms. The van der Waals surface area contributed by atoms with Crippen LogP contribution in [0.5, 0.6) is 0 Å². The van der Waals surface area contributed by atoms with Crippen LogP contribution in [-0.4, -0.2) is 38.8 Å². The van der Waals surface area contributed by atoms with Gasteiger partial charge in [-0.1, -0.05) is 0 Å². The van der Waals surface area contributed by atoms with E-state index in [9.17, 15) is 19.5 Å². The zero-order chi connectivity index (χ0) is 10.6. The van der Waals surface area contributed by atoms with E-state index in [4.69, 9.17) is 15.3 Å². The minimum Gasteiger partial charge on any atom is -0.550 e. The van der Waals surface area contributed by atoms with E-state index in [0.29, 0.717) is 0 Å². The predicted molar refractivity (Wildman–Crippen MR) is 40.4 cm³/mol. The third-order valence-corrected chi connectivity index (χ3v) is 1.28. The Hall–Kier alpha value is -1.16. The number of aliphatic carboxylic acids is 3. The Labute approximate surface area is 94.7 Å². The average molecular weight is 268 g/mol. The number of carboxylic acids is 3. The van der Waals surface area contributed by atoms with Crippen molar-refractivity contribution in [1.29, 1.82) is 0 Å². The summed E-state index contributed by atoms with van der Waals surface area (Å²) in [5.74, 6) is -5.34. The van der Waals surface area contributed by atoms with Gasteiger partial charge in [0, 0.05) is 29.2 Å². The van der Waals surface area contributed by atoms with Gasteiger partial charge in [-0.3, -0.25) is 4.79 Å². The number of carbonyl (C=O) groups excluding carboxylic acids is 1. The van der Waals surface area contributed by atoms with Crippen LogP contribution in [0.4, 0.5) is 0 Å². The molecule has 8 nitrogen and oxygen atoms in total. The topological polar surface area (TPSA) is 171 Å². The summed E-state index contributed by atoms with van der Waals surface area (Å²) >= 11 is 0. The van der Waals surface area contributed by atoms with Gasteiger partial charge in [0.15, 0.2) is 5.60 Å². The SMILES string of the molecule is O=C([O-])CC(O)(CC(=O)O)C(=O)O.[Co].[NH4+]. The third-order valence-electron chi connectivity index (χ3n) is 1.28. The van der Waals surface area contributed by atoms with Gasteiger partial charge in [0.05, 0.1) is 6.42 Å². The molecule has 0 aromatic carbocycles. The van der Waals surface area contributed by atoms with E-state index in [1.807, 2.05) is 0 Å². The fraction of sp³-hybridized carbons (Fsp3) is 0.500. The number of aliphatic hydroxyl groups is 1. The van der Waals surface area contributed by atoms with Crippen LogP contribution in [0.15, 0.2) is 0 Å². The Morgan fingerprint density at radius 1 is 1.13 bits per heavy atom. The first-order valence-electron chi connectivity index (χ1n) is 3.15. The fourth-order valence-electron chi connectivity index (χ4n) is 0.703. The maximum atomic E-state index is 10.3. The summed E-state index contributed by atoms with van der Waals surface area (Å²) in [6, 6.07) is 0. The molecule has 1 radical (unpaired) electrons. The van der Waals surface area contributed by atoms with Gasteiger partial charge in [0.25, 0.3) is 0 Å². The average Bonchev–Trinajstić information content (AvgIpc) is 1.82. The van der Waals surface area contributed by atoms with Crippen LogP contribution in [0.2, 0.25) is 0 Å². The Balaban J connectivity index is -0.000000720. The molecule has 0 fully saturated rings. The van der Waals surface area contributed by atoms with E-state index >= 15 is 0 Å². The van der Waals surface area contributed by atoms with Crippen LogP contribution in [0.25, 0.3) is 0 Å². The first-order chi connectivity index (χ1) is 5.78. The molecule has 0 aromatic heterocycles. The first-order valence-corrected chi connectivity index (χ1v) is 3.15. The van der Waals surface area contributed by atoms with Crippen molar-refractivity contribution in [1.82, 2.24) is 6.15 Å². The molecule has 7 N–H and O–H groups in total. The summed E-state index contributed by atoms with van der Waals surface area (Å²) in [5, 5.41) is 35.5. The molecular formula is C6H11CoNO7. The van der Waals surface area contributed by atoms with Crippen molar-refractivity contribution in [2.75, 3.05) is 0 Å². The zero-order valence-corrected chi connectivity index (χ0v) is 8.76. The minimum absolute atomic E-state index is 0. The summed E-state index contributed by atoms with van der Waals surface area (Å²) in [6.07, 6.45) is -2.44. The maximum Gasteiger partial charge on any atom is 0.336 e. The number of rotatable bonds is 5. The summed E-state index contributed by atoms with van der Waals surface area (Å²) in [7, 11) is 0. The fourth-order valence-corrected chi connectivity index (χ4v) is 0.703. The van der Waals surface area contributed by atoms with Crippen molar-refractivity contribution in [3.63, 3.8) is 0 Å². The molecule has 15 heavy (non-hydrogen) atoms. The summed E-state index contributed by atoms with van der Waals surface area (Å²) < 4.78 is 0. The van der Waals surface area contributed by atoms with Crippen molar-refractivity contribution in [2.45, 2.75) is 18.4 Å². The molecule has 0 aliphatic heterocycles. The molecule has 91 valence electrons. The smallest absolute Gasteiger partial charge is 0.336 e. The van der Waals surface area contributed by atoms with E-state index in [-0.39, 0.29) is 22.9 Å². The number of hydrogen-bond acceptors (Lipinski definition) is 5. The molecule has 0 rings (SSSR count). The van der Waals surface area contributed by atoms with E-state index in [1.165, 1.54) is 0 Å². The van der Waals surface area contributed by atoms with Crippen molar-refractivity contribution in [3.8, 4) is 0 Å². The van der Waals surface area contributed by atoms with Crippen LogP contribution in [0.1, 0.15) is 12.8 Å². The quantitative estimate of drug-likeness (QED) is 0.437. The molecule has 0 aromatic rings. The van der Waals surface area contributed by atoms with Gasteiger partial charge < -0.3 is 31.4 Å². The van der Waals surface area contributed by atoms with Crippen molar-refractivity contribution in [2.24, 2.45) is 0 Å². The van der Waals surface area contributed by atoms with E-state index in [0.717, 1.165) is 0 Å². The molecule has 0 saturated carbocycles. The summed E-state index contributed by atoms with van der Waals surface area (Å²) in [5.41, 5.74) is -2.80. The zero-order valence-electron chi connectivity index (χ0n) is 7.72. The predicted octanol–water partition coefficient (Wildman–Crippen LogP) is -2.21. The van der Waals surface area contributed by atoms with Gasteiger partial charge in [-0.2, -0.15) is 0 Å². The molecule has 0 spiro atoms. The van der Waals surface area contributed by atoms with Crippen LogP contribution < -0.4 is 11.3 Å². The Bertz CT molecular complexity index is 238. The van der Waals surface area contributed by atoms with Crippen molar-refractivity contribution < 1.29 is 51.6 Å². The molecular weight excluding hydrogens is 257 g/mol. The van der Waals surface area contributed by atoms with Gasteiger partial charge in [-0.15, -0.1) is 0 Å². The molecule has 1 atom stereocenters. The van der Waals surface area contributed by atoms with Crippen LogP contribution in [-0.2, 0) is 31.2 Å². The molecule has 0 amide bonds. The molecule has 0 aliphatic rings. The largest absolute Gasteiger partial charge is 0.550 e. The second-order valence-electron chi connectivity index (χ2n) is 2.46. The van der Waals surface area contributed by atoms with Crippen LogP contribution in [0, 0.1) is 0 Å². The third kappa shape index (κ3) is 6.85. The van der Waals surface area contributed by atoms with Gasteiger partial charge in [-0.05, 0) is 0 Å². The molecule has 0 heterocycles. The molecule has 1 unspecified atom stereocenters. The Kier molecular flexibility index (Phi) is 9.28. The van der Waals surface area contributed by atoms with Crippen molar-refractivity contribution >= 4 is 17.9 Å². The standard InChI is InChI=1S/C6H8O7.Co.H3N/c7-3(8)1-6(13,5(11)12)2-4(9)10;;/h13H,1-2H2,(H,7,8)(H,9,10)(H,11,12);;1H3. The number of hydrogen-bond donors (Lipinski definition) is 4. The Morgan fingerprint density at radius 2 is 1.53 bits per heavy atom. The monoisotopic (exact) mass is 268 g/mol. The second-order valence-corrected chi connectivity index (χ2v) is 2.46. The normalized spacial score (nSPS) is 12.6. The van der Waals surface area contributed by atoms with Gasteiger partial charge in [-0.25, -0.2) is 4.79 Å². The summed E-state index contributed by atoms with van der Waals surface area (Å²) in [6.45, 7) is 0. The Morgan fingerprint density at radius 3 is 1.73 bits per heavy atom. The van der Waals surface area contributed by atoms with E-state index in [2.05, 4.69) is 0 Å². The molecule has 0 aliphatic carbocycles. The number of quaternary nitrogens is 1. The van der Waals surface area contributed by atoms with Crippen LogP contribution >= 0.6 is 0 Å². The molecule has 0 bridgehead atoms. The van der Waals surface area contributed by atoms with E-state index < -0.39 is 36.4 Å². The number of carbonyl (C=O) groups is 3. The van der Waals surface area contributed by atoms with E-state index in [1.54, 1.807) is 0 Å². The van der Waals surface area contributed by atoms with Gasteiger partial charge in [0.2, 0.25) is 0 Å². The molecule has 0 saturated heterocycles. The van der Waals surface area contributed by atoms with Gasteiger partial charge >= 0.3 is 11.9 Å². The summed E-state index contributed by atoms with van der Waals surface area (Å²) in [4.78, 5) is 30.3. The second kappa shape index (κ2) is 7.17. The minimum atomic E-state index is -2.80. The van der Waals surface area contributed by atoms with Crippen LogP contribution in [0.3, 0.4) is 0 Å². The maximum absolute atomic E-state index is 10.3. The van der Waals surface area contributed by atoms with Gasteiger partial charge in [0.1, 0.15) is 0 Å².